The van der Waals surface area contributed by atoms with Crippen molar-refractivity contribution in [3.05, 3.63) is 42.5 Å². The minimum absolute atomic E-state index is 0.750. The molecule has 1 aliphatic heterocycles. The summed E-state index contributed by atoms with van der Waals surface area (Å²) in [6.45, 7) is 3.22. The second kappa shape index (κ2) is 5.55. The van der Waals surface area contributed by atoms with Crippen LogP contribution in [0.4, 0.5) is 5.69 Å². The lowest BCUT2D eigenvalue weighted by molar-refractivity contribution is 0.0690. The molecule has 0 atom stereocenters. The van der Waals surface area contributed by atoms with E-state index in [0.29, 0.717) is 0 Å². The van der Waals surface area contributed by atoms with E-state index in [4.69, 9.17) is 17.0 Å². The van der Waals surface area contributed by atoms with Crippen LogP contribution in [0.15, 0.2) is 42.5 Å². The largest absolute Gasteiger partial charge is 0.378 e. The van der Waals surface area contributed by atoms with E-state index in [-0.39, 0.29) is 0 Å². The van der Waals surface area contributed by atoms with Gasteiger partial charge in [-0.25, -0.2) is 0 Å². The molecule has 1 aliphatic rings. The lowest BCUT2D eigenvalue weighted by Crippen LogP contribution is -2.42. The molecule has 0 aromatic heterocycles. The topological polar surface area (TPSA) is 24.5 Å². The van der Waals surface area contributed by atoms with Gasteiger partial charge in [0.25, 0.3) is 0 Å². The zero-order chi connectivity index (χ0) is 13.1. The van der Waals surface area contributed by atoms with Crippen LogP contribution in [0.2, 0.25) is 0 Å². The molecule has 98 valence electrons. The Morgan fingerprint density at radius 2 is 1.79 bits per heavy atom. The second-order valence-corrected chi connectivity index (χ2v) is 4.98. The maximum Gasteiger partial charge on any atom is 0.173 e. The zero-order valence-electron chi connectivity index (χ0n) is 10.6. The standard InChI is InChI=1S/C15H16N2OS/c19-15(17-7-9-18-10-8-17)16-14-6-5-12-3-1-2-4-13(12)11-14/h1-6,11H,7-10H2,(H,16,19). The summed E-state index contributed by atoms with van der Waals surface area (Å²) in [6.07, 6.45) is 0. The molecule has 3 rings (SSSR count). The predicted octanol–water partition coefficient (Wildman–Crippen LogP) is 2.87. The predicted molar refractivity (Wildman–Crippen MR) is 82.6 cm³/mol. The number of hydrogen-bond acceptors (Lipinski definition) is 2. The number of nitrogens with zero attached hydrogens (tertiary/aromatic N) is 1. The fourth-order valence-electron chi connectivity index (χ4n) is 2.24. The smallest absolute Gasteiger partial charge is 0.173 e. The molecule has 0 bridgehead atoms. The van der Waals surface area contributed by atoms with Crippen LogP contribution >= 0.6 is 12.2 Å². The van der Waals surface area contributed by atoms with Gasteiger partial charge in [0, 0.05) is 18.8 Å². The van der Waals surface area contributed by atoms with E-state index in [1.807, 2.05) is 12.1 Å². The summed E-state index contributed by atoms with van der Waals surface area (Å²) in [4.78, 5) is 2.15. The van der Waals surface area contributed by atoms with Gasteiger partial charge in [-0.2, -0.15) is 0 Å². The van der Waals surface area contributed by atoms with Crippen molar-refractivity contribution in [2.45, 2.75) is 0 Å². The molecule has 4 heteroatoms. The third-order valence-corrected chi connectivity index (χ3v) is 3.66. The van der Waals surface area contributed by atoms with Crippen molar-refractivity contribution >= 4 is 33.8 Å². The number of morpholine rings is 1. The molecule has 1 heterocycles. The molecule has 0 unspecified atom stereocenters. The third-order valence-electron chi connectivity index (χ3n) is 3.30. The van der Waals surface area contributed by atoms with Crippen LogP contribution < -0.4 is 5.32 Å². The van der Waals surface area contributed by atoms with Gasteiger partial charge in [-0.3, -0.25) is 0 Å². The number of hydrogen-bond donors (Lipinski definition) is 1. The van der Waals surface area contributed by atoms with E-state index < -0.39 is 0 Å². The summed E-state index contributed by atoms with van der Waals surface area (Å²) >= 11 is 5.44. The summed E-state index contributed by atoms with van der Waals surface area (Å²) in [7, 11) is 0. The highest BCUT2D eigenvalue weighted by Crippen LogP contribution is 2.19. The lowest BCUT2D eigenvalue weighted by Gasteiger charge is -2.29. The Morgan fingerprint density at radius 3 is 2.58 bits per heavy atom. The monoisotopic (exact) mass is 272 g/mol. The first-order valence-electron chi connectivity index (χ1n) is 6.45. The Labute approximate surface area is 118 Å². The highest BCUT2D eigenvalue weighted by Gasteiger charge is 2.13. The molecule has 0 spiro atoms. The number of benzene rings is 2. The molecular weight excluding hydrogens is 256 g/mol. The number of rotatable bonds is 1. The first kappa shape index (κ1) is 12.4. The van der Waals surface area contributed by atoms with Crippen molar-refractivity contribution < 1.29 is 4.74 Å². The van der Waals surface area contributed by atoms with E-state index in [2.05, 4.69) is 40.5 Å². The average molecular weight is 272 g/mol. The van der Waals surface area contributed by atoms with Crippen molar-refractivity contribution in [1.82, 2.24) is 4.90 Å². The molecule has 19 heavy (non-hydrogen) atoms. The highest BCUT2D eigenvalue weighted by atomic mass is 32.1. The molecule has 2 aromatic rings. The Balaban J connectivity index is 1.75. The summed E-state index contributed by atoms with van der Waals surface area (Å²) in [5.74, 6) is 0. The van der Waals surface area contributed by atoms with Crippen molar-refractivity contribution in [2.75, 3.05) is 31.6 Å². The molecule has 0 saturated carbocycles. The van der Waals surface area contributed by atoms with Gasteiger partial charge in [-0.05, 0) is 35.1 Å². The minimum atomic E-state index is 0.750. The van der Waals surface area contributed by atoms with Crippen LogP contribution in [0.25, 0.3) is 10.8 Å². The Kier molecular flexibility index (Phi) is 3.62. The van der Waals surface area contributed by atoms with E-state index in [9.17, 15) is 0 Å². The van der Waals surface area contributed by atoms with Gasteiger partial charge < -0.3 is 15.0 Å². The molecule has 1 N–H and O–H groups in total. The summed E-state index contributed by atoms with van der Waals surface area (Å²) in [5.41, 5.74) is 1.04. The van der Waals surface area contributed by atoms with Gasteiger partial charge in [0.2, 0.25) is 0 Å². The lowest BCUT2D eigenvalue weighted by atomic mass is 10.1. The van der Waals surface area contributed by atoms with Crippen molar-refractivity contribution in [2.24, 2.45) is 0 Å². The molecule has 3 nitrogen and oxygen atoms in total. The molecule has 1 fully saturated rings. The van der Waals surface area contributed by atoms with Crippen molar-refractivity contribution in [1.29, 1.82) is 0 Å². The number of anilines is 1. The third kappa shape index (κ3) is 2.85. The van der Waals surface area contributed by atoms with E-state index in [0.717, 1.165) is 37.1 Å². The van der Waals surface area contributed by atoms with Crippen LogP contribution in [0.5, 0.6) is 0 Å². The first-order chi connectivity index (χ1) is 9.33. The normalized spacial score (nSPS) is 15.5. The van der Waals surface area contributed by atoms with E-state index in [1.54, 1.807) is 0 Å². The number of thiocarbonyl (C=S) groups is 1. The van der Waals surface area contributed by atoms with Crippen LogP contribution in [0.1, 0.15) is 0 Å². The van der Waals surface area contributed by atoms with E-state index >= 15 is 0 Å². The summed E-state index contributed by atoms with van der Waals surface area (Å²) < 4.78 is 5.33. The van der Waals surface area contributed by atoms with Gasteiger partial charge in [0.05, 0.1) is 13.2 Å². The zero-order valence-corrected chi connectivity index (χ0v) is 11.5. The van der Waals surface area contributed by atoms with Crippen LogP contribution in [0.3, 0.4) is 0 Å². The highest BCUT2D eigenvalue weighted by molar-refractivity contribution is 7.80. The molecule has 2 aromatic carbocycles. The maximum absolute atomic E-state index is 5.44. The van der Waals surface area contributed by atoms with Gasteiger partial charge in [-0.1, -0.05) is 30.3 Å². The maximum atomic E-state index is 5.44. The average Bonchev–Trinajstić information content (AvgIpc) is 2.48. The second-order valence-electron chi connectivity index (χ2n) is 4.59. The fourth-order valence-corrected chi connectivity index (χ4v) is 2.54. The SMILES string of the molecule is S=C(Nc1ccc2ccccc2c1)N1CCOCC1. The van der Waals surface area contributed by atoms with Crippen LogP contribution in [-0.4, -0.2) is 36.3 Å². The van der Waals surface area contributed by atoms with E-state index in [1.165, 1.54) is 10.8 Å². The fraction of sp³-hybridized carbons (Fsp3) is 0.267. The van der Waals surface area contributed by atoms with Crippen LogP contribution in [0, 0.1) is 0 Å². The summed E-state index contributed by atoms with van der Waals surface area (Å²) in [5, 5.41) is 6.54. The van der Waals surface area contributed by atoms with Crippen molar-refractivity contribution in [3.63, 3.8) is 0 Å². The quantitative estimate of drug-likeness (QED) is 0.807. The number of fused-ring (bicyclic) bond motifs is 1. The van der Waals surface area contributed by atoms with Crippen LogP contribution in [-0.2, 0) is 4.74 Å². The molecule has 0 radical (unpaired) electrons. The molecular formula is C15H16N2OS. The van der Waals surface area contributed by atoms with Gasteiger partial charge in [0.1, 0.15) is 0 Å². The molecule has 1 saturated heterocycles. The Bertz CT molecular complexity index is 593. The van der Waals surface area contributed by atoms with Crippen molar-refractivity contribution in [3.8, 4) is 0 Å². The Hall–Kier alpha value is -1.65. The van der Waals surface area contributed by atoms with Gasteiger partial charge >= 0.3 is 0 Å². The van der Waals surface area contributed by atoms with Gasteiger partial charge in [-0.15, -0.1) is 0 Å². The molecule has 0 aliphatic carbocycles. The Morgan fingerprint density at radius 1 is 1.05 bits per heavy atom. The number of ether oxygens (including phenoxy) is 1. The first-order valence-corrected chi connectivity index (χ1v) is 6.86. The number of nitrogens with one attached hydrogen (secondary N) is 1. The molecule has 0 amide bonds. The summed E-state index contributed by atoms with van der Waals surface area (Å²) in [6, 6.07) is 14.6. The van der Waals surface area contributed by atoms with Gasteiger partial charge in [0.15, 0.2) is 5.11 Å². The minimum Gasteiger partial charge on any atom is -0.378 e.